The number of halogens is 1. The average molecular weight is 232 g/mol. The van der Waals surface area contributed by atoms with Crippen molar-refractivity contribution in [2.45, 2.75) is 11.8 Å². The van der Waals surface area contributed by atoms with Gasteiger partial charge in [-0.2, -0.15) is 0 Å². The lowest BCUT2D eigenvalue weighted by Crippen LogP contribution is -2.10. The summed E-state index contributed by atoms with van der Waals surface area (Å²) in [6.45, 7) is 1.36. The van der Waals surface area contributed by atoms with Crippen LogP contribution in [-0.4, -0.2) is 25.2 Å². The molecule has 0 aliphatic rings. The first-order valence-corrected chi connectivity index (χ1v) is 5.80. The zero-order valence-electron chi connectivity index (χ0n) is 7.90. The van der Waals surface area contributed by atoms with E-state index in [1.807, 2.05) is 0 Å². The van der Waals surface area contributed by atoms with Crippen LogP contribution in [0.4, 0.5) is 4.39 Å². The van der Waals surface area contributed by atoms with Crippen molar-refractivity contribution in [1.29, 1.82) is 0 Å². The highest BCUT2D eigenvalue weighted by Crippen LogP contribution is 2.19. The molecular formula is C9H9FO4S. The number of hydrogen-bond donors (Lipinski definition) is 1. The molecule has 6 heteroatoms. The monoisotopic (exact) mass is 232 g/mol. The van der Waals surface area contributed by atoms with E-state index in [1.165, 1.54) is 13.0 Å². The normalized spacial score (nSPS) is 11.3. The van der Waals surface area contributed by atoms with Gasteiger partial charge in [0.25, 0.3) is 0 Å². The first-order valence-electron chi connectivity index (χ1n) is 4.14. The maximum Gasteiger partial charge on any atom is 0.338 e. The minimum atomic E-state index is -3.72. The van der Waals surface area contributed by atoms with Gasteiger partial charge in [-0.25, -0.2) is 17.6 Å². The lowest BCUT2D eigenvalue weighted by molar-refractivity contribution is 0.0691. The third-order valence-corrected chi connectivity index (χ3v) is 3.65. The Balaban J connectivity index is 3.47. The fourth-order valence-corrected chi connectivity index (χ4v) is 2.05. The quantitative estimate of drug-likeness (QED) is 0.853. The number of carboxylic acids is 1. The first kappa shape index (κ1) is 11.6. The second kappa shape index (κ2) is 3.98. The van der Waals surface area contributed by atoms with Gasteiger partial charge in [-0.3, -0.25) is 0 Å². The van der Waals surface area contributed by atoms with Crippen molar-refractivity contribution in [1.82, 2.24) is 0 Å². The predicted molar refractivity (Wildman–Crippen MR) is 51.1 cm³/mol. The molecule has 0 radical (unpaired) electrons. The number of aromatic carboxylic acids is 1. The molecule has 1 rings (SSSR count). The third-order valence-electron chi connectivity index (χ3n) is 1.91. The smallest absolute Gasteiger partial charge is 0.338 e. The van der Waals surface area contributed by atoms with E-state index >= 15 is 0 Å². The molecule has 0 aliphatic carbocycles. The molecule has 4 nitrogen and oxygen atoms in total. The van der Waals surface area contributed by atoms with Crippen molar-refractivity contribution in [3.63, 3.8) is 0 Å². The summed E-state index contributed by atoms with van der Waals surface area (Å²) >= 11 is 0. The molecule has 1 N–H and O–H groups in total. The Hall–Kier alpha value is -1.43. The van der Waals surface area contributed by atoms with E-state index in [-0.39, 0.29) is 5.75 Å². The van der Waals surface area contributed by atoms with Gasteiger partial charge in [-0.1, -0.05) is 13.0 Å². The molecule has 0 fully saturated rings. The summed E-state index contributed by atoms with van der Waals surface area (Å²) in [6.07, 6.45) is 0. The molecule has 0 aromatic heterocycles. The summed E-state index contributed by atoms with van der Waals surface area (Å²) < 4.78 is 36.2. The molecule has 82 valence electrons. The van der Waals surface area contributed by atoms with Crippen molar-refractivity contribution in [3.05, 3.63) is 29.6 Å². The number of rotatable bonds is 3. The summed E-state index contributed by atoms with van der Waals surface area (Å²) in [7, 11) is -3.72. The van der Waals surface area contributed by atoms with Crippen LogP contribution in [0.5, 0.6) is 0 Å². The van der Waals surface area contributed by atoms with Crippen molar-refractivity contribution in [2.75, 3.05) is 5.75 Å². The Morgan fingerprint density at radius 2 is 2.07 bits per heavy atom. The van der Waals surface area contributed by atoms with Crippen LogP contribution in [0, 0.1) is 5.82 Å². The van der Waals surface area contributed by atoms with Gasteiger partial charge in [-0.05, 0) is 12.1 Å². The van der Waals surface area contributed by atoms with Gasteiger partial charge in [0.2, 0.25) is 0 Å². The molecule has 0 aliphatic heterocycles. The van der Waals surface area contributed by atoms with E-state index in [9.17, 15) is 17.6 Å². The maximum absolute atomic E-state index is 13.4. The van der Waals surface area contributed by atoms with Gasteiger partial charge in [0.05, 0.1) is 11.3 Å². The van der Waals surface area contributed by atoms with Crippen LogP contribution in [-0.2, 0) is 9.84 Å². The van der Waals surface area contributed by atoms with E-state index in [0.29, 0.717) is 0 Å². The molecule has 0 saturated carbocycles. The van der Waals surface area contributed by atoms with Gasteiger partial charge >= 0.3 is 5.97 Å². The largest absolute Gasteiger partial charge is 0.478 e. The highest BCUT2D eigenvalue weighted by Gasteiger charge is 2.21. The number of benzene rings is 1. The molecule has 0 atom stereocenters. The summed E-state index contributed by atoms with van der Waals surface area (Å²) in [5, 5.41) is 8.59. The van der Waals surface area contributed by atoms with Gasteiger partial charge < -0.3 is 5.11 Å². The number of hydrogen-bond acceptors (Lipinski definition) is 3. The van der Waals surface area contributed by atoms with Crippen LogP contribution in [0.2, 0.25) is 0 Å². The molecule has 1 aromatic carbocycles. The number of carboxylic acid groups (broad SMARTS) is 1. The van der Waals surface area contributed by atoms with Crippen LogP contribution in [0.1, 0.15) is 17.3 Å². The SMILES string of the molecule is CCS(=O)(=O)c1cccc(C(=O)O)c1F. The summed E-state index contributed by atoms with van der Waals surface area (Å²) in [6, 6.07) is 3.28. The molecule has 15 heavy (non-hydrogen) atoms. The fourth-order valence-electron chi connectivity index (χ4n) is 1.07. The van der Waals surface area contributed by atoms with Crippen LogP contribution in [0.15, 0.2) is 23.1 Å². The zero-order valence-corrected chi connectivity index (χ0v) is 8.71. The Morgan fingerprint density at radius 1 is 1.47 bits per heavy atom. The van der Waals surface area contributed by atoms with Gasteiger partial charge in [0.1, 0.15) is 4.90 Å². The minimum Gasteiger partial charge on any atom is -0.478 e. The Kier molecular flexibility index (Phi) is 3.09. The lowest BCUT2D eigenvalue weighted by Gasteiger charge is -2.04. The standard InChI is InChI=1S/C9H9FO4S/c1-2-15(13,14)7-5-3-4-6(8(7)10)9(11)12/h3-5H,2H2,1H3,(H,11,12). The van der Waals surface area contributed by atoms with E-state index in [1.54, 1.807) is 0 Å². The van der Waals surface area contributed by atoms with Crippen molar-refractivity contribution < 1.29 is 22.7 Å². The average Bonchev–Trinajstić information content (AvgIpc) is 2.17. The number of carbonyl (C=O) groups is 1. The zero-order chi connectivity index (χ0) is 11.6. The molecular weight excluding hydrogens is 223 g/mol. The van der Waals surface area contributed by atoms with E-state index < -0.39 is 32.1 Å². The topological polar surface area (TPSA) is 71.4 Å². The highest BCUT2D eigenvalue weighted by molar-refractivity contribution is 7.91. The van der Waals surface area contributed by atoms with E-state index in [4.69, 9.17) is 5.11 Å². The second-order valence-corrected chi connectivity index (χ2v) is 5.07. The minimum absolute atomic E-state index is 0.271. The third kappa shape index (κ3) is 2.15. The fraction of sp³-hybridized carbons (Fsp3) is 0.222. The summed E-state index contributed by atoms with van der Waals surface area (Å²) in [4.78, 5) is 9.99. The first-order chi connectivity index (χ1) is 6.90. The molecule has 0 heterocycles. The van der Waals surface area contributed by atoms with Crippen LogP contribution in [0.25, 0.3) is 0 Å². The van der Waals surface area contributed by atoms with E-state index in [2.05, 4.69) is 0 Å². The highest BCUT2D eigenvalue weighted by atomic mass is 32.2. The molecule has 0 saturated heterocycles. The van der Waals surface area contributed by atoms with Gasteiger partial charge in [-0.15, -0.1) is 0 Å². The van der Waals surface area contributed by atoms with Crippen molar-refractivity contribution in [3.8, 4) is 0 Å². The van der Waals surface area contributed by atoms with Crippen LogP contribution >= 0.6 is 0 Å². The van der Waals surface area contributed by atoms with Gasteiger partial charge in [0, 0.05) is 0 Å². The number of sulfone groups is 1. The van der Waals surface area contributed by atoms with Crippen LogP contribution < -0.4 is 0 Å². The van der Waals surface area contributed by atoms with Gasteiger partial charge in [0.15, 0.2) is 15.7 Å². The summed E-state index contributed by atoms with van der Waals surface area (Å²) in [5.74, 6) is -2.96. The Labute approximate surface area is 86.3 Å². The Bertz CT molecular complexity index is 493. The Morgan fingerprint density at radius 3 is 2.53 bits per heavy atom. The second-order valence-electron chi connectivity index (χ2n) is 2.83. The summed E-state index contributed by atoms with van der Waals surface area (Å²) in [5.41, 5.74) is -0.635. The van der Waals surface area contributed by atoms with E-state index in [0.717, 1.165) is 12.1 Å². The molecule has 0 amide bonds. The van der Waals surface area contributed by atoms with Crippen molar-refractivity contribution in [2.24, 2.45) is 0 Å². The molecule has 1 aromatic rings. The molecule has 0 spiro atoms. The maximum atomic E-state index is 13.4. The van der Waals surface area contributed by atoms with Crippen molar-refractivity contribution >= 4 is 15.8 Å². The predicted octanol–water partition coefficient (Wildman–Crippen LogP) is 1.32. The molecule has 0 unspecified atom stereocenters. The van der Waals surface area contributed by atoms with Crippen LogP contribution in [0.3, 0.4) is 0 Å². The molecule has 0 bridgehead atoms. The lowest BCUT2D eigenvalue weighted by atomic mass is 10.2.